The topological polar surface area (TPSA) is 77.5 Å². The molecule has 4 aliphatic heterocycles. The number of nitrogens with zero attached hydrogens (tertiary/aromatic N) is 2. The number of fused-ring (bicyclic) bond motifs is 6. The van der Waals surface area contributed by atoms with Crippen molar-refractivity contribution in [1.29, 1.82) is 0 Å². The van der Waals surface area contributed by atoms with Gasteiger partial charge in [-0.05, 0) is 45.1 Å². The molecule has 1 spiro atoms. The Bertz CT molecular complexity index is 1100. The molecular formula is C29H38N2O6Si. The van der Waals surface area contributed by atoms with Crippen LogP contribution in [0, 0.1) is 23.2 Å². The lowest BCUT2D eigenvalue weighted by molar-refractivity contribution is -0.142. The van der Waals surface area contributed by atoms with Crippen LogP contribution in [0.25, 0.3) is 0 Å². The van der Waals surface area contributed by atoms with Crippen LogP contribution >= 0.6 is 0 Å². The molecule has 2 atom stereocenters. The number of rotatable bonds is 3. The molecule has 1 aromatic carbocycles. The SMILES string of the molecule is CC#C[C@@H]1C(C)=C([Si]23OCCN(CCO2)CCO3)CC[C@@]12CCCCN(C(=O)OCc1ccccc1)C2=O. The van der Waals surface area contributed by atoms with E-state index in [2.05, 4.69) is 23.7 Å². The zero-order chi connectivity index (χ0) is 26.6. The van der Waals surface area contributed by atoms with Gasteiger partial charge < -0.3 is 18.0 Å². The normalized spacial score (nSPS) is 32.1. The maximum Gasteiger partial charge on any atom is 0.533 e. The first kappa shape index (κ1) is 27.1. The molecule has 204 valence electrons. The van der Waals surface area contributed by atoms with E-state index in [0.29, 0.717) is 45.6 Å². The highest BCUT2D eigenvalue weighted by Crippen LogP contribution is 2.51. The monoisotopic (exact) mass is 538 g/mol. The molecule has 4 heterocycles. The molecule has 6 rings (SSSR count). The molecule has 9 heteroatoms. The zero-order valence-electron chi connectivity index (χ0n) is 22.5. The van der Waals surface area contributed by atoms with Gasteiger partial charge in [0.25, 0.3) is 0 Å². The van der Waals surface area contributed by atoms with Crippen LogP contribution in [0.3, 0.4) is 0 Å². The van der Waals surface area contributed by atoms with Gasteiger partial charge in [0, 0.05) is 31.4 Å². The Morgan fingerprint density at radius 2 is 1.74 bits per heavy atom. The van der Waals surface area contributed by atoms with Crippen LogP contribution in [0.2, 0.25) is 0 Å². The summed E-state index contributed by atoms with van der Waals surface area (Å²) in [5.74, 6) is 5.95. The fraction of sp³-hybridized carbons (Fsp3) is 0.586. The van der Waals surface area contributed by atoms with Crippen LogP contribution in [-0.4, -0.2) is 76.6 Å². The van der Waals surface area contributed by atoms with E-state index in [0.717, 1.165) is 48.8 Å². The van der Waals surface area contributed by atoms with Crippen LogP contribution in [0.15, 0.2) is 41.1 Å². The summed E-state index contributed by atoms with van der Waals surface area (Å²) in [7, 11) is -3.10. The number of likely N-dealkylation sites (tertiary alicyclic amines) is 1. The molecule has 0 saturated carbocycles. The van der Waals surface area contributed by atoms with Gasteiger partial charge in [0.05, 0.1) is 31.2 Å². The minimum atomic E-state index is -3.10. The van der Waals surface area contributed by atoms with Crippen LogP contribution in [-0.2, 0) is 29.4 Å². The number of carbonyl (C=O) groups excluding carboxylic acids is 2. The number of carbonyl (C=O) groups is 2. The lowest BCUT2D eigenvalue weighted by Gasteiger charge is -2.46. The smallest absolute Gasteiger partial charge is 0.444 e. The standard InChI is InChI=1S/C29H38N2O6Si/c1-3-9-25-23(2)26(38-35-19-16-30(17-20-36-38)18-21-37-38)12-14-29(25)13-7-8-15-31(27(29)32)28(33)34-22-24-10-5-4-6-11-24/h4-6,10-11,25H,7-8,12-22H2,1-2H3/t25-,29+/m1/s1. The molecule has 5 aliphatic rings. The lowest BCUT2D eigenvalue weighted by atomic mass is 9.63. The first-order valence-corrected chi connectivity index (χ1v) is 15.5. The van der Waals surface area contributed by atoms with Crippen LogP contribution in [0.4, 0.5) is 4.79 Å². The number of ether oxygens (including phenoxy) is 1. The van der Waals surface area contributed by atoms with E-state index in [9.17, 15) is 9.59 Å². The highest BCUT2D eigenvalue weighted by molar-refractivity contribution is 6.69. The zero-order valence-corrected chi connectivity index (χ0v) is 23.5. The molecule has 0 N–H and O–H groups in total. The molecule has 0 unspecified atom stereocenters. The quantitative estimate of drug-likeness (QED) is 0.426. The molecule has 0 radical (unpaired) electrons. The second-order valence-electron chi connectivity index (χ2n) is 10.5. The van der Waals surface area contributed by atoms with Crippen molar-refractivity contribution in [3.8, 4) is 11.8 Å². The summed E-state index contributed by atoms with van der Waals surface area (Å²) in [6.07, 6.45) is 2.92. The van der Waals surface area contributed by atoms with Crippen molar-refractivity contribution in [1.82, 2.24) is 9.80 Å². The second-order valence-corrected chi connectivity index (χ2v) is 13.1. The molecule has 38 heavy (non-hydrogen) atoms. The number of hydrogen-bond donors (Lipinski definition) is 0. The Kier molecular flexibility index (Phi) is 8.36. The van der Waals surface area contributed by atoms with Gasteiger partial charge in [0.1, 0.15) is 6.61 Å². The maximum atomic E-state index is 14.2. The molecule has 2 bridgehead atoms. The minimum Gasteiger partial charge on any atom is -0.444 e. The van der Waals surface area contributed by atoms with Crippen molar-refractivity contribution in [2.24, 2.45) is 11.3 Å². The molecule has 1 aromatic rings. The Morgan fingerprint density at radius 3 is 2.39 bits per heavy atom. The van der Waals surface area contributed by atoms with Crippen molar-refractivity contribution in [3.05, 3.63) is 46.7 Å². The van der Waals surface area contributed by atoms with Crippen molar-refractivity contribution >= 4 is 20.8 Å². The van der Waals surface area contributed by atoms with Crippen LogP contribution < -0.4 is 0 Å². The summed E-state index contributed by atoms with van der Waals surface area (Å²) in [5.41, 5.74) is 1.12. The predicted octanol–water partition coefficient (Wildman–Crippen LogP) is 3.93. The number of allylic oxidation sites excluding steroid dienone is 2. The number of hydrogen-bond acceptors (Lipinski definition) is 7. The van der Waals surface area contributed by atoms with Gasteiger partial charge in [0.15, 0.2) is 0 Å². The summed E-state index contributed by atoms with van der Waals surface area (Å²) >= 11 is 0. The third-order valence-corrected chi connectivity index (χ3v) is 11.5. The molecule has 2 amide bonds. The van der Waals surface area contributed by atoms with Crippen LogP contribution in [0.5, 0.6) is 0 Å². The van der Waals surface area contributed by atoms with Gasteiger partial charge in [-0.3, -0.25) is 9.69 Å². The molecule has 1 aliphatic carbocycles. The highest BCUT2D eigenvalue weighted by Gasteiger charge is 2.57. The molecular weight excluding hydrogens is 500 g/mol. The molecule has 8 nitrogen and oxygen atoms in total. The van der Waals surface area contributed by atoms with E-state index >= 15 is 0 Å². The average molecular weight is 539 g/mol. The Labute approximate surface area is 226 Å². The third-order valence-electron chi connectivity index (χ3n) is 8.39. The van der Waals surface area contributed by atoms with Gasteiger partial charge >= 0.3 is 14.9 Å². The Hall–Kier alpha value is -2.48. The fourth-order valence-corrected chi connectivity index (χ4v) is 9.28. The number of imide groups is 1. The van der Waals surface area contributed by atoms with E-state index in [4.69, 9.17) is 18.0 Å². The minimum absolute atomic E-state index is 0.134. The summed E-state index contributed by atoms with van der Waals surface area (Å²) in [5, 5.41) is 1.07. The van der Waals surface area contributed by atoms with Gasteiger partial charge in [0.2, 0.25) is 5.91 Å². The van der Waals surface area contributed by atoms with Crippen molar-refractivity contribution in [3.63, 3.8) is 0 Å². The number of amides is 2. The second kappa shape index (κ2) is 11.7. The van der Waals surface area contributed by atoms with E-state index in [1.54, 1.807) is 0 Å². The summed E-state index contributed by atoms with van der Waals surface area (Å²) in [6, 6.07) is 9.53. The van der Waals surface area contributed by atoms with Gasteiger partial charge in [-0.2, -0.15) is 0 Å². The van der Waals surface area contributed by atoms with E-state index in [1.807, 2.05) is 37.3 Å². The highest BCUT2D eigenvalue weighted by atomic mass is 28.4. The fourth-order valence-electron chi connectivity index (χ4n) is 6.37. The van der Waals surface area contributed by atoms with Gasteiger partial charge in [-0.1, -0.05) is 48.2 Å². The third kappa shape index (κ3) is 5.20. The van der Waals surface area contributed by atoms with Crippen LogP contribution in [0.1, 0.15) is 51.5 Å². The average Bonchev–Trinajstić information content (AvgIpc) is 3.05. The Morgan fingerprint density at radius 1 is 1.05 bits per heavy atom. The van der Waals surface area contributed by atoms with E-state index in [-0.39, 0.29) is 18.4 Å². The van der Waals surface area contributed by atoms with Gasteiger partial charge in [-0.25, -0.2) is 9.69 Å². The first-order chi connectivity index (χ1) is 18.5. The van der Waals surface area contributed by atoms with Crippen molar-refractivity contribution in [2.45, 2.75) is 52.6 Å². The van der Waals surface area contributed by atoms with Gasteiger partial charge in [-0.15, -0.1) is 5.92 Å². The van der Waals surface area contributed by atoms with E-state index < -0.39 is 20.3 Å². The summed E-state index contributed by atoms with van der Waals surface area (Å²) < 4.78 is 24.9. The summed E-state index contributed by atoms with van der Waals surface area (Å²) in [4.78, 5) is 31.1. The molecule has 4 fully saturated rings. The summed E-state index contributed by atoms with van der Waals surface area (Å²) in [6.45, 7) is 8.67. The maximum absolute atomic E-state index is 14.2. The van der Waals surface area contributed by atoms with Crippen molar-refractivity contribution in [2.75, 3.05) is 46.0 Å². The Balaban J connectivity index is 1.44. The van der Waals surface area contributed by atoms with E-state index in [1.165, 1.54) is 4.90 Å². The predicted molar refractivity (Wildman–Crippen MR) is 144 cm³/mol. The molecule has 0 aromatic heterocycles. The first-order valence-electron chi connectivity index (χ1n) is 13.8. The lowest BCUT2D eigenvalue weighted by Crippen LogP contribution is -2.58. The molecule has 4 saturated heterocycles. The van der Waals surface area contributed by atoms with Crippen molar-refractivity contribution < 1.29 is 27.6 Å². The largest absolute Gasteiger partial charge is 0.533 e. The number of benzene rings is 1.